The van der Waals surface area contributed by atoms with E-state index in [1.165, 1.54) is 7.11 Å². The molecule has 6 nitrogen and oxygen atoms in total. The van der Waals surface area contributed by atoms with Crippen molar-refractivity contribution in [3.05, 3.63) is 24.5 Å². The number of anilines is 1. The highest BCUT2D eigenvalue weighted by molar-refractivity contribution is 5.83. The molecule has 0 saturated carbocycles. The van der Waals surface area contributed by atoms with Crippen molar-refractivity contribution in [2.75, 3.05) is 12.4 Å². The smallest absolute Gasteiger partial charge is 0.412 e. The lowest BCUT2D eigenvalue weighted by molar-refractivity contribution is 0.187. The van der Waals surface area contributed by atoms with Crippen molar-refractivity contribution < 1.29 is 9.53 Å². The van der Waals surface area contributed by atoms with Crippen LogP contribution in [0.5, 0.6) is 0 Å². The summed E-state index contributed by atoms with van der Waals surface area (Å²) in [5, 5.41) is 6.43. The van der Waals surface area contributed by atoms with Crippen LogP contribution < -0.4 is 5.32 Å². The number of methoxy groups -OCH3 is 1. The molecule has 0 bridgehead atoms. The van der Waals surface area contributed by atoms with Crippen molar-refractivity contribution in [3.63, 3.8) is 0 Å². The van der Waals surface area contributed by atoms with Gasteiger partial charge in [0.1, 0.15) is 5.82 Å². The molecular formula is C8H8N4O2. The van der Waals surface area contributed by atoms with Crippen molar-refractivity contribution in [1.29, 1.82) is 0 Å². The van der Waals surface area contributed by atoms with Gasteiger partial charge in [0.15, 0.2) is 5.65 Å². The molecule has 0 aliphatic rings. The van der Waals surface area contributed by atoms with Crippen molar-refractivity contribution in [1.82, 2.24) is 14.6 Å². The van der Waals surface area contributed by atoms with E-state index in [1.807, 2.05) is 0 Å². The average molecular weight is 192 g/mol. The minimum atomic E-state index is -0.540. The van der Waals surface area contributed by atoms with Crippen molar-refractivity contribution in [3.8, 4) is 0 Å². The van der Waals surface area contributed by atoms with E-state index in [0.717, 1.165) is 0 Å². The van der Waals surface area contributed by atoms with E-state index in [2.05, 4.69) is 20.1 Å². The van der Waals surface area contributed by atoms with Crippen LogP contribution in [0.15, 0.2) is 24.5 Å². The van der Waals surface area contributed by atoms with Crippen LogP contribution in [-0.4, -0.2) is 27.8 Å². The molecule has 0 aromatic carbocycles. The molecule has 1 N–H and O–H groups in total. The Hall–Kier alpha value is -2.11. The first kappa shape index (κ1) is 8.49. The third-order valence-electron chi connectivity index (χ3n) is 1.67. The second kappa shape index (κ2) is 3.33. The number of amides is 1. The maximum atomic E-state index is 10.9. The Morgan fingerprint density at radius 1 is 1.57 bits per heavy atom. The van der Waals surface area contributed by atoms with Gasteiger partial charge in [-0.1, -0.05) is 0 Å². The second-order valence-electron chi connectivity index (χ2n) is 2.56. The summed E-state index contributed by atoms with van der Waals surface area (Å²) in [5.74, 6) is 0.435. The van der Waals surface area contributed by atoms with Gasteiger partial charge in [-0.3, -0.25) is 5.32 Å². The number of hydrogen-bond donors (Lipinski definition) is 1. The molecule has 0 atom stereocenters. The van der Waals surface area contributed by atoms with Gasteiger partial charge in [0.25, 0.3) is 0 Å². The predicted octanol–water partition coefficient (Wildman–Crippen LogP) is 0.908. The van der Waals surface area contributed by atoms with Crippen molar-refractivity contribution in [2.45, 2.75) is 0 Å². The minimum absolute atomic E-state index is 0.435. The maximum Gasteiger partial charge on any atom is 0.412 e. The maximum absolute atomic E-state index is 10.9. The zero-order valence-electron chi connectivity index (χ0n) is 7.47. The lowest BCUT2D eigenvalue weighted by atomic mass is 10.5. The van der Waals surface area contributed by atoms with E-state index in [1.54, 1.807) is 29.0 Å². The molecule has 14 heavy (non-hydrogen) atoms. The minimum Gasteiger partial charge on any atom is -0.453 e. The Bertz CT molecular complexity index is 465. The standard InChI is InChI=1S/C8H8N4O2/c1-14-8(13)11-6-3-5-12-7(10-6)2-4-9-12/h2-5H,1H3,(H,10,11,13). The topological polar surface area (TPSA) is 68.5 Å². The zero-order valence-corrected chi connectivity index (χ0v) is 7.47. The molecule has 2 aromatic rings. The molecule has 2 heterocycles. The summed E-state index contributed by atoms with van der Waals surface area (Å²) >= 11 is 0. The molecule has 6 heteroatoms. The number of hydrogen-bond acceptors (Lipinski definition) is 4. The fourth-order valence-electron chi connectivity index (χ4n) is 1.04. The Morgan fingerprint density at radius 3 is 3.21 bits per heavy atom. The molecule has 0 aliphatic carbocycles. The van der Waals surface area contributed by atoms with Crippen LogP contribution in [0.25, 0.3) is 5.65 Å². The quantitative estimate of drug-likeness (QED) is 0.729. The monoisotopic (exact) mass is 192 g/mol. The summed E-state index contributed by atoms with van der Waals surface area (Å²) < 4.78 is 6.03. The largest absolute Gasteiger partial charge is 0.453 e. The number of nitrogens with zero attached hydrogens (tertiary/aromatic N) is 3. The highest BCUT2D eigenvalue weighted by atomic mass is 16.5. The molecule has 0 radical (unpaired) electrons. The molecule has 0 saturated heterocycles. The fourth-order valence-corrected chi connectivity index (χ4v) is 1.04. The molecule has 1 amide bonds. The lowest BCUT2D eigenvalue weighted by Gasteiger charge is -2.02. The molecule has 2 aromatic heterocycles. The fraction of sp³-hybridized carbons (Fsp3) is 0.125. The molecule has 0 spiro atoms. The van der Waals surface area contributed by atoms with Gasteiger partial charge in [-0.05, 0) is 6.07 Å². The third kappa shape index (κ3) is 1.49. The number of ether oxygens (including phenoxy) is 1. The van der Waals surface area contributed by atoms with E-state index < -0.39 is 6.09 Å². The molecule has 72 valence electrons. The molecule has 2 rings (SSSR count). The molecule has 0 fully saturated rings. The first-order chi connectivity index (χ1) is 6.79. The summed E-state index contributed by atoms with van der Waals surface area (Å²) in [6.45, 7) is 0. The van der Waals surface area contributed by atoms with E-state index in [4.69, 9.17) is 0 Å². The first-order valence-electron chi connectivity index (χ1n) is 3.95. The molecule has 0 unspecified atom stereocenters. The number of carbonyl (C=O) groups is 1. The van der Waals surface area contributed by atoms with E-state index >= 15 is 0 Å². The van der Waals surface area contributed by atoms with Crippen LogP contribution in [0.4, 0.5) is 10.6 Å². The van der Waals surface area contributed by atoms with Gasteiger partial charge < -0.3 is 4.74 Å². The summed E-state index contributed by atoms with van der Waals surface area (Å²) in [4.78, 5) is 15.0. The summed E-state index contributed by atoms with van der Waals surface area (Å²) in [7, 11) is 1.30. The van der Waals surface area contributed by atoms with Gasteiger partial charge in [-0.25, -0.2) is 14.3 Å². The average Bonchev–Trinajstić information content (AvgIpc) is 2.64. The number of carbonyl (C=O) groups excluding carboxylic acids is 1. The molecule has 0 aliphatic heterocycles. The van der Waals surface area contributed by atoms with Crippen LogP contribution >= 0.6 is 0 Å². The number of rotatable bonds is 1. The van der Waals surface area contributed by atoms with Gasteiger partial charge in [0, 0.05) is 12.3 Å². The predicted molar refractivity (Wildman–Crippen MR) is 49.0 cm³/mol. The molecular weight excluding hydrogens is 184 g/mol. The SMILES string of the molecule is COC(=O)Nc1ccn2nccc2n1. The summed E-state index contributed by atoms with van der Waals surface area (Å²) in [6.07, 6.45) is 2.79. The number of aromatic nitrogens is 3. The Morgan fingerprint density at radius 2 is 2.43 bits per heavy atom. The Labute approximate surface area is 79.5 Å². The summed E-state index contributed by atoms with van der Waals surface area (Å²) in [6, 6.07) is 3.37. The van der Waals surface area contributed by atoms with Gasteiger partial charge in [-0.15, -0.1) is 0 Å². The van der Waals surface area contributed by atoms with E-state index in [9.17, 15) is 4.79 Å². The lowest BCUT2D eigenvalue weighted by Crippen LogP contribution is -2.12. The first-order valence-corrected chi connectivity index (χ1v) is 3.95. The normalized spacial score (nSPS) is 10.1. The Kier molecular flexibility index (Phi) is 2.02. The van der Waals surface area contributed by atoms with Crippen LogP contribution in [0.2, 0.25) is 0 Å². The number of fused-ring (bicyclic) bond motifs is 1. The van der Waals surface area contributed by atoms with E-state index in [-0.39, 0.29) is 0 Å². The van der Waals surface area contributed by atoms with Crippen LogP contribution in [-0.2, 0) is 4.74 Å². The van der Waals surface area contributed by atoms with Crippen LogP contribution in [0.3, 0.4) is 0 Å². The van der Waals surface area contributed by atoms with E-state index in [0.29, 0.717) is 11.5 Å². The Balaban J connectivity index is 2.30. The van der Waals surface area contributed by atoms with Crippen molar-refractivity contribution in [2.24, 2.45) is 0 Å². The zero-order chi connectivity index (χ0) is 9.97. The third-order valence-corrected chi connectivity index (χ3v) is 1.67. The van der Waals surface area contributed by atoms with Crippen molar-refractivity contribution >= 4 is 17.6 Å². The highest BCUT2D eigenvalue weighted by Gasteiger charge is 2.02. The van der Waals surface area contributed by atoms with Gasteiger partial charge >= 0.3 is 6.09 Å². The highest BCUT2D eigenvalue weighted by Crippen LogP contribution is 2.05. The van der Waals surface area contributed by atoms with Gasteiger partial charge in [0.2, 0.25) is 0 Å². The van der Waals surface area contributed by atoms with Crippen LogP contribution in [0, 0.1) is 0 Å². The van der Waals surface area contributed by atoms with Gasteiger partial charge in [0.05, 0.1) is 13.3 Å². The second-order valence-corrected chi connectivity index (χ2v) is 2.56. The summed E-state index contributed by atoms with van der Waals surface area (Å²) in [5.41, 5.74) is 0.666. The number of nitrogens with one attached hydrogen (secondary N) is 1. The van der Waals surface area contributed by atoms with Crippen LogP contribution in [0.1, 0.15) is 0 Å². The van der Waals surface area contributed by atoms with Gasteiger partial charge in [-0.2, -0.15) is 5.10 Å².